The molecular weight excluding hydrogens is 578 g/mol. The van der Waals surface area contributed by atoms with E-state index < -0.39 is 0 Å². The maximum Gasteiger partial charge on any atom is 2.00 e. The molecule has 0 saturated heterocycles. The number of unbranched alkanes of at least 4 members (excludes halogenated alkanes) is 3. The van der Waals surface area contributed by atoms with E-state index in [0.29, 0.717) is 18.4 Å². The third kappa shape index (κ3) is 21.6. The van der Waals surface area contributed by atoms with E-state index in [-0.39, 0.29) is 75.8 Å². The maximum absolute atomic E-state index is 9.35. The van der Waals surface area contributed by atoms with Gasteiger partial charge in [0.25, 0.3) is 0 Å². The summed E-state index contributed by atoms with van der Waals surface area (Å²) >= 11 is 0. The van der Waals surface area contributed by atoms with Gasteiger partial charge in [-0.3, -0.25) is 0 Å². The van der Waals surface area contributed by atoms with E-state index in [2.05, 4.69) is 15.8 Å². The Balaban J connectivity index is -0.000000216. The minimum Gasteiger partial charge on any atom is -0.396 e. The molecule has 4 aliphatic carbocycles. The van der Waals surface area contributed by atoms with Gasteiger partial charge in [0, 0.05) is 32.0 Å². The van der Waals surface area contributed by atoms with Crippen molar-refractivity contribution in [3.8, 4) is 6.07 Å². The molecule has 4 saturated carbocycles. The Morgan fingerprint density at radius 1 is 0.650 bits per heavy atom. The number of aliphatic hydroxyl groups is 1. The van der Waals surface area contributed by atoms with Crippen LogP contribution in [0, 0.1) is 65.4 Å². The third-order valence-corrected chi connectivity index (χ3v) is 8.48. The SMILES string of the molecule is C1CCCC1.C1CCCC1.[C-]#[N+]C1CCCC1CN(CCCCCCO)CC1CCCC1C#N.[CH3-].[CH3-].[CH3-].[CH3-].[Fe+2].[Fe+2]. The van der Waals surface area contributed by atoms with Gasteiger partial charge in [-0.05, 0) is 51.0 Å². The van der Waals surface area contributed by atoms with Crippen LogP contribution in [-0.2, 0) is 34.1 Å². The second-order valence-corrected chi connectivity index (χ2v) is 11.2. The molecule has 0 bridgehead atoms. The number of nitriles is 1. The van der Waals surface area contributed by atoms with Crippen LogP contribution >= 0.6 is 0 Å². The van der Waals surface area contributed by atoms with Crippen LogP contribution in [0.3, 0.4) is 0 Å². The maximum atomic E-state index is 9.35. The fourth-order valence-corrected chi connectivity index (χ4v) is 6.31. The monoisotopic (exact) mass is 643 g/mol. The molecule has 0 aromatic heterocycles. The van der Waals surface area contributed by atoms with Gasteiger partial charge >= 0.3 is 34.1 Å². The zero-order valence-corrected chi connectivity index (χ0v) is 29.0. The first-order chi connectivity index (χ1) is 16.8. The van der Waals surface area contributed by atoms with Gasteiger partial charge in [-0.15, -0.1) is 0 Å². The van der Waals surface area contributed by atoms with Crippen molar-refractivity contribution in [2.24, 2.45) is 17.8 Å². The number of aliphatic hydroxyl groups excluding tert-OH is 1. The molecule has 4 unspecified atom stereocenters. The molecular formula is C34H65Fe2N3O. The number of hydrogen-bond donors (Lipinski definition) is 1. The van der Waals surface area contributed by atoms with E-state index in [9.17, 15) is 5.26 Å². The zero-order valence-electron chi connectivity index (χ0n) is 26.8. The molecule has 6 heteroatoms. The van der Waals surface area contributed by atoms with Crippen molar-refractivity contribution in [3.63, 3.8) is 0 Å². The molecule has 0 aromatic rings. The van der Waals surface area contributed by atoms with Crippen LogP contribution in [0.5, 0.6) is 0 Å². The summed E-state index contributed by atoms with van der Waals surface area (Å²) in [6, 6.07) is 2.73. The molecule has 0 radical (unpaired) electrons. The van der Waals surface area contributed by atoms with Gasteiger partial charge in [0.2, 0.25) is 6.04 Å². The number of hydrogen-bond acceptors (Lipinski definition) is 3. The first kappa shape index (κ1) is 49.6. The summed E-state index contributed by atoms with van der Waals surface area (Å²) in [5.41, 5.74) is 0. The summed E-state index contributed by atoms with van der Waals surface area (Å²) in [7, 11) is 0. The zero-order chi connectivity index (χ0) is 24.3. The molecule has 4 nitrogen and oxygen atoms in total. The summed E-state index contributed by atoms with van der Waals surface area (Å²) in [6.07, 6.45) is 26.3. The van der Waals surface area contributed by atoms with E-state index in [0.717, 1.165) is 45.3 Å². The van der Waals surface area contributed by atoms with E-state index in [1.165, 1.54) is 103 Å². The minimum atomic E-state index is 0. The van der Waals surface area contributed by atoms with Crippen molar-refractivity contribution >= 4 is 0 Å². The van der Waals surface area contributed by atoms with Crippen LogP contribution in [0.25, 0.3) is 4.85 Å². The van der Waals surface area contributed by atoms with Crippen molar-refractivity contribution in [3.05, 3.63) is 41.1 Å². The fourth-order valence-electron chi connectivity index (χ4n) is 6.31. The minimum absolute atomic E-state index is 0. The summed E-state index contributed by atoms with van der Waals surface area (Å²) < 4.78 is 0. The van der Waals surface area contributed by atoms with Crippen molar-refractivity contribution in [2.75, 3.05) is 26.2 Å². The van der Waals surface area contributed by atoms with Crippen molar-refractivity contribution in [1.29, 1.82) is 5.26 Å². The number of rotatable bonds is 10. The summed E-state index contributed by atoms with van der Waals surface area (Å²) in [5, 5.41) is 18.3. The molecule has 4 aliphatic rings. The number of nitrogens with zero attached hydrogens (tertiary/aromatic N) is 3. The molecule has 0 amide bonds. The second-order valence-electron chi connectivity index (χ2n) is 11.2. The Bertz CT molecular complexity index is 525. The Morgan fingerprint density at radius 2 is 1.10 bits per heavy atom. The van der Waals surface area contributed by atoms with Gasteiger partial charge < -0.3 is 44.6 Å². The van der Waals surface area contributed by atoms with Crippen molar-refractivity contribution < 1.29 is 39.2 Å². The normalized spacial score (nSPS) is 23.8. The topological polar surface area (TPSA) is 51.6 Å². The molecule has 0 aromatic carbocycles. The molecule has 0 spiro atoms. The van der Waals surface area contributed by atoms with Crippen LogP contribution in [0.2, 0.25) is 0 Å². The quantitative estimate of drug-likeness (QED) is 0.147. The fraction of sp³-hybridized carbons (Fsp3) is 0.824. The van der Waals surface area contributed by atoms with Crippen LogP contribution < -0.4 is 0 Å². The van der Waals surface area contributed by atoms with E-state index >= 15 is 0 Å². The van der Waals surface area contributed by atoms with E-state index in [1.807, 2.05) is 0 Å². The smallest absolute Gasteiger partial charge is 0.396 e. The molecule has 0 aliphatic heterocycles. The van der Waals surface area contributed by atoms with Crippen molar-refractivity contribution in [1.82, 2.24) is 4.90 Å². The third-order valence-electron chi connectivity index (χ3n) is 8.48. The van der Waals surface area contributed by atoms with E-state index in [1.54, 1.807) is 0 Å². The second kappa shape index (κ2) is 33.4. The summed E-state index contributed by atoms with van der Waals surface area (Å²) in [5.74, 6) is 1.30. The molecule has 0 heterocycles. The van der Waals surface area contributed by atoms with Crippen LogP contribution in [0.15, 0.2) is 0 Å². The molecule has 40 heavy (non-hydrogen) atoms. The Morgan fingerprint density at radius 3 is 1.57 bits per heavy atom. The van der Waals surface area contributed by atoms with Gasteiger partial charge in [0.05, 0.1) is 12.0 Å². The molecule has 4 atom stereocenters. The average Bonchev–Trinajstić information content (AvgIpc) is 3.68. The van der Waals surface area contributed by atoms with Crippen LogP contribution in [-0.4, -0.2) is 42.3 Å². The van der Waals surface area contributed by atoms with Crippen LogP contribution in [0.4, 0.5) is 0 Å². The predicted molar refractivity (Wildman–Crippen MR) is 168 cm³/mol. The van der Waals surface area contributed by atoms with Crippen molar-refractivity contribution in [2.45, 2.75) is 134 Å². The molecule has 4 rings (SSSR count). The van der Waals surface area contributed by atoms with Gasteiger partial charge in [0.1, 0.15) is 0 Å². The molecule has 238 valence electrons. The summed E-state index contributed by atoms with van der Waals surface area (Å²) in [6.45, 7) is 10.9. The molecule has 1 N–H and O–H groups in total. The Hall–Kier alpha value is -0.0610. The van der Waals surface area contributed by atoms with Crippen LogP contribution in [0.1, 0.15) is 128 Å². The first-order valence-electron chi connectivity index (χ1n) is 14.9. The first-order valence-corrected chi connectivity index (χ1v) is 14.9. The molecule has 4 fully saturated rings. The van der Waals surface area contributed by atoms with E-state index in [4.69, 9.17) is 11.7 Å². The Labute approximate surface area is 274 Å². The van der Waals surface area contributed by atoms with Gasteiger partial charge in [0.15, 0.2) is 0 Å². The predicted octanol–water partition coefficient (Wildman–Crippen LogP) is 9.57. The van der Waals surface area contributed by atoms with Gasteiger partial charge in [-0.25, -0.2) is 6.57 Å². The van der Waals surface area contributed by atoms with Gasteiger partial charge in [-0.1, -0.05) is 83.5 Å². The van der Waals surface area contributed by atoms with Gasteiger partial charge in [-0.2, -0.15) is 5.26 Å². The standard InChI is InChI=1S/C20H33N3O.2C5H10.4CH3.2Fe/c1-22-20-11-7-10-19(20)16-23(12-4-2-3-5-13-24)15-18-9-6-8-17(18)14-21;2*1-2-4-5-3-1;;;;;;/h17-20,24H,2-13,15-16H2;2*1-5H2;4*1H3;;/q;;;4*-1;2*+2. The largest absolute Gasteiger partial charge is 2.00 e. The Kier molecular flexibility index (Phi) is 41.5. The average molecular weight is 644 g/mol. The summed E-state index contributed by atoms with van der Waals surface area (Å²) in [4.78, 5) is 6.41.